The smallest absolute Gasteiger partial charge is 0.268 e. The number of fused-ring (bicyclic) bond motifs is 1. The molecule has 0 unspecified atom stereocenters. The third-order valence-electron chi connectivity index (χ3n) is 5.62. The van der Waals surface area contributed by atoms with E-state index in [0.29, 0.717) is 33.5 Å². The fraction of sp³-hybridized carbons (Fsp3) is 0.154. The molecular weight excluding hydrogens is 404 g/mol. The van der Waals surface area contributed by atoms with Crippen molar-refractivity contribution in [3.05, 3.63) is 105 Å². The second kappa shape index (κ2) is 8.23. The van der Waals surface area contributed by atoms with Gasteiger partial charge in [-0.2, -0.15) is 0 Å². The summed E-state index contributed by atoms with van der Waals surface area (Å²) in [5.74, 6) is -0.861. The van der Waals surface area contributed by atoms with Gasteiger partial charge in [0.05, 0.1) is 10.6 Å². The third kappa shape index (κ3) is 3.60. The van der Waals surface area contributed by atoms with Crippen LogP contribution < -0.4 is 4.90 Å². The average Bonchev–Trinajstić information content (AvgIpc) is 2.77. The van der Waals surface area contributed by atoms with Gasteiger partial charge < -0.3 is 0 Å². The first-order valence-electron chi connectivity index (χ1n) is 10.3. The monoisotopic (exact) mass is 426 g/mol. The Labute approximate surface area is 186 Å². The highest BCUT2D eigenvalue weighted by Gasteiger charge is 2.36. The van der Waals surface area contributed by atoms with E-state index in [2.05, 4.69) is 0 Å². The van der Waals surface area contributed by atoms with Crippen LogP contribution in [0.25, 0.3) is 11.6 Å². The maximum absolute atomic E-state index is 13.6. The van der Waals surface area contributed by atoms with Crippen molar-refractivity contribution in [1.29, 1.82) is 0 Å². The van der Waals surface area contributed by atoms with Crippen LogP contribution in [-0.2, 0) is 4.79 Å². The van der Waals surface area contributed by atoms with E-state index in [9.17, 15) is 19.7 Å². The Kier molecular flexibility index (Phi) is 5.45. The van der Waals surface area contributed by atoms with Gasteiger partial charge >= 0.3 is 0 Å². The molecule has 4 rings (SSSR count). The summed E-state index contributed by atoms with van der Waals surface area (Å²) in [6, 6.07) is 19.1. The number of rotatable bonds is 4. The molecule has 1 heterocycles. The van der Waals surface area contributed by atoms with Crippen molar-refractivity contribution in [2.45, 2.75) is 26.7 Å². The van der Waals surface area contributed by atoms with Gasteiger partial charge in [-0.3, -0.25) is 19.7 Å². The van der Waals surface area contributed by atoms with E-state index in [1.165, 1.54) is 11.0 Å². The van der Waals surface area contributed by atoms with Crippen LogP contribution in [0.15, 0.2) is 66.7 Å². The van der Waals surface area contributed by atoms with Crippen LogP contribution in [0.3, 0.4) is 0 Å². The number of benzene rings is 3. The molecule has 1 aliphatic rings. The van der Waals surface area contributed by atoms with E-state index in [1.807, 2.05) is 32.9 Å². The zero-order chi connectivity index (χ0) is 23.0. The predicted molar refractivity (Wildman–Crippen MR) is 124 cm³/mol. The van der Waals surface area contributed by atoms with E-state index in [0.717, 1.165) is 5.56 Å². The minimum atomic E-state index is -0.460. The van der Waals surface area contributed by atoms with Crippen molar-refractivity contribution in [3.63, 3.8) is 0 Å². The highest BCUT2D eigenvalue weighted by Crippen LogP contribution is 2.35. The van der Waals surface area contributed by atoms with Crippen LogP contribution in [0.2, 0.25) is 0 Å². The van der Waals surface area contributed by atoms with Gasteiger partial charge in [-0.05, 0) is 47.7 Å². The molecule has 2 amide bonds. The molecule has 0 bridgehead atoms. The normalized spacial score (nSPS) is 14.8. The molecule has 1 aliphatic heterocycles. The molecule has 0 fully saturated rings. The summed E-state index contributed by atoms with van der Waals surface area (Å²) in [4.78, 5) is 39.2. The Morgan fingerprint density at radius 1 is 0.906 bits per heavy atom. The molecule has 0 saturated heterocycles. The number of carbonyl (C=O) groups is 2. The first-order chi connectivity index (χ1) is 15.3. The standard InChI is InChI=1S/C26H22N2O4/c1-16(2)19-13-12-18(15-24(19)28(31)32)14-22-20-9-5-6-10-21(20)25(29)27(26(22)30)23-11-7-4-8-17(23)3/h4-16H,1-3H3/b22-14-. The summed E-state index contributed by atoms with van der Waals surface area (Å²) < 4.78 is 0. The number of imide groups is 1. The van der Waals surface area contributed by atoms with Gasteiger partial charge in [0.15, 0.2) is 0 Å². The summed E-state index contributed by atoms with van der Waals surface area (Å²) >= 11 is 0. The fourth-order valence-electron chi connectivity index (χ4n) is 3.99. The third-order valence-corrected chi connectivity index (χ3v) is 5.62. The zero-order valence-corrected chi connectivity index (χ0v) is 18.0. The first kappa shape index (κ1) is 21.2. The van der Waals surface area contributed by atoms with E-state index >= 15 is 0 Å². The van der Waals surface area contributed by atoms with E-state index < -0.39 is 16.7 Å². The van der Waals surface area contributed by atoms with Gasteiger partial charge in [0.2, 0.25) is 0 Å². The number of hydrogen-bond donors (Lipinski definition) is 0. The van der Waals surface area contributed by atoms with Crippen LogP contribution in [-0.4, -0.2) is 16.7 Å². The molecule has 0 radical (unpaired) electrons. The summed E-state index contributed by atoms with van der Waals surface area (Å²) in [6.45, 7) is 5.63. The quantitative estimate of drug-likeness (QED) is 0.230. The van der Waals surface area contributed by atoms with Gasteiger partial charge in [-0.15, -0.1) is 0 Å². The number of amides is 2. The molecule has 0 spiro atoms. The Bertz CT molecular complexity index is 1290. The Morgan fingerprint density at radius 2 is 1.56 bits per heavy atom. The van der Waals surface area contributed by atoms with Crippen molar-refractivity contribution in [2.24, 2.45) is 0 Å². The number of nitro benzene ring substituents is 1. The van der Waals surface area contributed by atoms with Gasteiger partial charge in [0.25, 0.3) is 17.5 Å². The summed E-state index contributed by atoms with van der Waals surface area (Å²) in [7, 11) is 0. The molecule has 0 aliphatic carbocycles. The zero-order valence-electron chi connectivity index (χ0n) is 18.0. The molecule has 6 nitrogen and oxygen atoms in total. The number of para-hydroxylation sites is 1. The molecule has 3 aromatic carbocycles. The topological polar surface area (TPSA) is 80.5 Å². The van der Waals surface area contributed by atoms with Crippen LogP contribution in [0.5, 0.6) is 0 Å². The lowest BCUT2D eigenvalue weighted by Gasteiger charge is -2.29. The maximum atomic E-state index is 13.6. The number of anilines is 1. The number of nitrogens with zero attached hydrogens (tertiary/aromatic N) is 2. The lowest BCUT2D eigenvalue weighted by molar-refractivity contribution is -0.385. The Hall–Kier alpha value is -4.06. The van der Waals surface area contributed by atoms with Gasteiger partial charge in [-0.25, -0.2) is 4.90 Å². The minimum absolute atomic E-state index is 0.0108. The fourth-order valence-corrected chi connectivity index (χ4v) is 3.99. The molecule has 0 N–H and O–H groups in total. The number of hydrogen-bond acceptors (Lipinski definition) is 4. The lowest BCUT2D eigenvalue weighted by Crippen LogP contribution is -2.42. The molecule has 3 aromatic rings. The predicted octanol–water partition coefficient (Wildman–Crippen LogP) is 5.75. The van der Waals surface area contributed by atoms with Gasteiger partial charge in [0.1, 0.15) is 0 Å². The second-order valence-electron chi connectivity index (χ2n) is 8.07. The van der Waals surface area contributed by atoms with Crippen molar-refractivity contribution in [2.75, 3.05) is 4.90 Å². The van der Waals surface area contributed by atoms with E-state index in [-0.39, 0.29) is 11.6 Å². The molecule has 160 valence electrons. The maximum Gasteiger partial charge on any atom is 0.273 e. The number of nitro groups is 1. The highest BCUT2D eigenvalue weighted by molar-refractivity contribution is 6.43. The minimum Gasteiger partial charge on any atom is -0.268 e. The second-order valence-corrected chi connectivity index (χ2v) is 8.07. The Balaban J connectivity index is 1.91. The largest absolute Gasteiger partial charge is 0.273 e. The van der Waals surface area contributed by atoms with Crippen LogP contribution >= 0.6 is 0 Å². The SMILES string of the molecule is Cc1ccccc1N1C(=O)/C(=C\c2ccc(C(C)C)c([N+](=O)[O-])c2)c2ccccc2C1=O. The molecular formula is C26H22N2O4. The molecule has 0 aromatic heterocycles. The number of carbonyl (C=O) groups excluding carboxylic acids is 2. The lowest BCUT2D eigenvalue weighted by atomic mass is 9.90. The van der Waals surface area contributed by atoms with Crippen LogP contribution in [0.1, 0.15) is 52.4 Å². The van der Waals surface area contributed by atoms with E-state index in [4.69, 9.17) is 0 Å². The summed E-state index contributed by atoms with van der Waals surface area (Å²) in [5, 5.41) is 11.6. The molecule has 6 heteroatoms. The molecule has 0 atom stereocenters. The van der Waals surface area contributed by atoms with Crippen molar-refractivity contribution >= 4 is 34.8 Å². The van der Waals surface area contributed by atoms with Crippen molar-refractivity contribution in [1.82, 2.24) is 0 Å². The number of aryl methyl sites for hydroxylation is 1. The summed E-state index contributed by atoms with van der Waals surface area (Å²) in [6.07, 6.45) is 1.62. The molecule has 0 saturated carbocycles. The van der Waals surface area contributed by atoms with Crippen LogP contribution in [0, 0.1) is 17.0 Å². The summed E-state index contributed by atoms with van der Waals surface area (Å²) in [5.41, 5.74) is 3.72. The van der Waals surface area contributed by atoms with Crippen LogP contribution in [0.4, 0.5) is 11.4 Å². The van der Waals surface area contributed by atoms with Crippen molar-refractivity contribution in [3.8, 4) is 0 Å². The highest BCUT2D eigenvalue weighted by atomic mass is 16.6. The van der Waals surface area contributed by atoms with Gasteiger partial charge in [0, 0.05) is 22.8 Å². The van der Waals surface area contributed by atoms with E-state index in [1.54, 1.807) is 54.6 Å². The van der Waals surface area contributed by atoms with Gasteiger partial charge in [-0.1, -0.05) is 62.4 Å². The first-order valence-corrected chi connectivity index (χ1v) is 10.3. The molecule has 32 heavy (non-hydrogen) atoms. The Morgan fingerprint density at radius 3 is 2.22 bits per heavy atom. The average molecular weight is 426 g/mol. The van der Waals surface area contributed by atoms with Crippen molar-refractivity contribution < 1.29 is 14.5 Å².